The lowest BCUT2D eigenvalue weighted by Gasteiger charge is -2.12. The average molecular weight is 452 g/mol. The van der Waals surface area contributed by atoms with E-state index in [2.05, 4.69) is 4.99 Å². The number of hydrogen-bond donors (Lipinski definition) is 0. The number of carbonyl (C=O) groups is 1. The highest BCUT2D eigenvalue weighted by Crippen LogP contribution is 2.36. The molecule has 0 radical (unpaired) electrons. The quantitative estimate of drug-likeness (QED) is 0.498. The lowest BCUT2D eigenvalue weighted by Crippen LogP contribution is -2.28. The van der Waals surface area contributed by atoms with E-state index in [9.17, 15) is 4.79 Å². The number of hydrogen-bond acceptors (Lipinski definition) is 7. The molecule has 0 unspecified atom stereocenters. The minimum Gasteiger partial charge on any atom is -0.494 e. The minimum absolute atomic E-state index is 0.0638. The van der Waals surface area contributed by atoms with Gasteiger partial charge in [-0.25, -0.2) is 4.99 Å². The van der Waals surface area contributed by atoms with Crippen molar-refractivity contribution in [2.45, 2.75) is 20.8 Å². The molecule has 32 heavy (non-hydrogen) atoms. The molecule has 1 fully saturated rings. The normalized spacial score (nSPS) is 15.8. The van der Waals surface area contributed by atoms with Gasteiger partial charge in [0.2, 0.25) is 0 Å². The molecule has 0 atom stereocenters. The summed E-state index contributed by atoms with van der Waals surface area (Å²) in [6.45, 7) is 7.25. The zero-order chi connectivity index (χ0) is 22.9. The molecule has 8 heteroatoms. The van der Waals surface area contributed by atoms with Crippen molar-refractivity contribution in [3.63, 3.8) is 0 Å². The Bertz CT molecular complexity index is 1060. The van der Waals surface area contributed by atoms with Gasteiger partial charge in [0.05, 0.1) is 23.8 Å². The predicted octanol–water partition coefficient (Wildman–Crippen LogP) is 5.01. The molecule has 0 aromatic heterocycles. The Morgan fingerprint density at radius 2 is 1.78 bits per heavy atom. The fourth-order valence-corrected chi connectivity index (χ4v) is 4.09. The summed E-state index contributed by atoms with van der Waals surface area (Å²) in [5.74, 6) is 1.72. The lowest BCUT2D eigenvalue weighted by atomic mass is 10.2. The summed E-state index contributed by atoms with van der Waals surface area (Å²) in [6.07, 6.45) is 1.81. The molecule has 1 aliphatic heterocycles. The first-order valence-electron chi connectivity index (χ1n) is 10.4. The number of ether oxygens (including phenoxy) is 3. The number of aliphatic imine (C=N–C) groups is 1. The van der Waals surface area contributed by atoms with Crippen molar-refractivity contribution < 1.29 is 19.0 Å². The van der Waals surface area contributed by atoms with Gasteiger partial charge in [-0.15, -0.1) is 0 Å². The molecule has 1 saturated heterocycles. The van der Waals surface area contributed by atoms with Crippen LogP contribution >= 0.6 is 11.8 Å². The van der Waals surface area contributed by atoms with E-state index in [1.54, 1.807) is 17.0 Å². The van der Waals surface area contributed by atoms with Crippen molar-refractivity contribution in [3.05, 3.63) is 52.9 Å². The van der Waals surface area contributed by atoms with Gasteiger partial charge in [0.15, 0.2) is 23.3 Å². The number of amidine groups is 1. The van der Waals surface area contributed by atoms with Gasteiger partial charge in [-0.1, -0.05) is 6.07 Å². The maximum Gasteiger partial charge on any atom is 0.266 e. The van der Waals surface area contributed by atoms with Crippen LogP contribution in [0.15, 0.2) is 52.4 Å². The predicted molar refractivity (Wildman–Crippen MR) is 126 cm³/mol. The van der Waals surface area contributed by atoms with E-state index >= 15 is 0 Å². The molecule has 3 rings (SSSR count). The van der Waals surface area contributed by atoms with Crippen LogP contribution in [0.1, 0.15) is 26.3 Å². The van der Waals surface area contributed by atoms with Crippen molar-refractivity contribution in [1.29, 1.82) is 5.26 Å². The van der Waals surface area contributed by atoms with Crippen LogP contribution in [0.2, 0.25) is 0 Å². The van der Waals surface area contributed by atoms with Gasteiger partial charge in [-0.2, -0.15) is 5.26 Å². The number of likely N-dealkylation sites (N-methyl/N-ethyl adjacent to an activating group) is 1. The molecule has 0 saturated carbocycles. The van der Waals surface area contributed by atoms with E-state index in [0.29, 0.717) is 41.3 Å². The third kappa shape index (κ3) is 5.62. The van der Waals surface area contributed by atoms with Crippen LogP contribution < -0.4 is 14.2 Å². The first kappa shape index (κ1) is 23.2. The molecule has 2 aromatic rings. The molecular formula is C24H25N3O4S. The van der Waals surface area contributed by atoms with Crippen molar-refractivity contribution in [3.8, 4) is 23.3 Å². The summed E-state index contributed by atoms with van der Waals surface area (Å²) < 4.78 is 16.5. The molecule has 0 N–H and O–H groups in total. The van der Waals surface area contributed by atoms with Gasteiger partial charge in [0, 0.05) is 6.54 Å². The molecule has 1 aliphatic rings. The highest BCUT2D eigenvalue weighted by molar-refractivity contribution is 8.18. The number of carbonyl (C=O) groups excluding carboxylic acids is 1. The second kappa shape index (κ2) is 11.3. The Labute approximate surface area is 192 Å². The summed E-state index contributed by atoms with van der Waals surface area (Å²) in [6, 6.07) is 14.8. The zero-order valence-corrected chi connectivity index (χ0v) is 19.1. The maximum absolute atomic E-state index is 12.9. The number of nitriles is 1. The Balaban J connectivity index is 1.86. The Hall–Kier alpha value is -3.44. The van der Waals surface area contributed by atoms with Crippen LogP contribution in [0.3, 0.4) is 0 Å². The first-order chi connectivity index (χ1) is 15.6. The van der Waals surface area contributed by atoms with Crippen LogP contribution in [-0.2, 0) is 4.79 Å². The van der Waals surface area contributed by atoms with E-state index < -0.39 is 0 Å². The first-order valence-corrected chi connectivity index (χ1v) is 11.2. The van der Waals surface area contributed by atoms with Gasteiger partial charge in [-0.05, 0) is 80.6 Å². The van der Waals surface area contributed by atoms with E-state index in [4.69, 9.17) is 19.5 Å². The molecule has 1 heterocycles. The highest BCUT2D eigenvalue weighted by atomic mass is 32.2. The Morgan fingerprint density at radius 1 is 1.03 bits per heavy atom. The molecule has 0 spiro atoms. The van der Waals surface area contributed by atoms with Crippen LogP contribution in [0.25, 0.3) is 6.08 Å². The SMILES string of the molecule is CCOc1ccc(N=C2S/C(=C/c3ccc(OCC#N)c(OCC)c3)C(=O)N2CC)cc1. The standard InChI is InChI=1S/C24H25N3O4S/c1-4-27-23(28)22(32-24(27)26-18-8-10-19(11-9-18)29-5-2)16-17-7-12-20(31-14-13-25)21(15-17)30-6-3/h7-12,15-16H,4-6,14H2,1-3H3/b22-16+,26-24?. The lowest BCUT2D eigenvalue weighted by molar-refractivity contribution is -0.122. The third-order valence-electron chi connectivity index (χ3n) is 4.43. The number of benzene rings is 2. The van der Waals surface area contributed by atoms with E-state index in [-0.39, 0.29) is 12.5 Å². The van der Waals surface area contributed by atoms with Crippen molar-refractivity contribution in [2.24, 2.45) is 4.99 Å². The summed E-state index contributed by atoms with van der Waals surface area (Å²) in [4.78, 5) is 19.8. The van der Waals surface area contributed by atoms with Gasteiger partial charge in [0.25, 0.3) is 5.91 Å². The van der Waals surface area contributed by atoms with Gasteiger partial charge >= 0.3 is 0 Å². The van der Waals surface area contributed by atoms with E-state index in [0.717, 1.165) is 17.0 Å². The molecule has 0 aliphatic carbocycles. The van der Waals surface area contributed by atoms with Gasteiger partial charge in [-0.3, -0.25) is 9.69 Å². The smallest absolute Gasteiger partial charge is 0.266 e. The summed E-state index contributed by atoms with van der Waals surface area (Å²) in [5.41, 5.74) is 1.55. The van der Waals surface area contributed by atoms with Gasteiger partial charge in [0.1, 0.15) is 11.8 Å². The summed E-state index contributed by atoms with van der Waals surface area (Å²) in [7, 11) is 0. The maximum atomic E-state index is 12.9. The zero-order valence-electron chi connectivity index (χ0n) is 18.3. The second-order valence-corrected chi connectivity index (χ2v) is 7.58. The summed E-state index contributed by atoms with van der Waals surface area (Å²) in [5, 5.41) is 9.38. The third-order valence-corrected chi connectivity index (χ3v) is 5.44. The van der Waals surface area contributed by atoms with Crippen molar-refractivity contribution in [2.75, 3.05) is 26.4 Å². The topological polar surface area (TPSA) is 84.1 Å². The second-order valence-electron chi connectivity index (χ2n) is 6.57. The molecule has 0 bridgehead atoms. The molecule has 166 valence electrons. The van der Waals surface area contributed by atoms with Crippen LogP contribution in [-0.4, -0.2) is 42.3 Å². The van der Waals surface area contributed by atoms with Crippen LogP contribution in [0.4, 0.5) is 5.69 Å². The van der Waals surface area contributed by atoms with Crippen LogP contribution in [0.5, 0.6) is 17.2 Å². The average Bonchev–Trinajstić information content (AvgIpc) is 3.08. The number of thioether (sulfide) groups is 1. The van der Waals surface area contributed by atoms with E-state index in [1.165, 1.54) is 11.8 Å². The van der Waals surface area contributed by atoms with Crippen molar-refractivity contribution in [1.82, 2.24) is 4.90 Å². The van der Waals surface area contributed by atoms with Crippen LogP contribution in [0, 0.1) is 11.3 Å². The van der Waals surface area contributed by atoms with Gasteiger partial charge < -0.3 is 14.2 Å². The minimum atomic E-state index is -0.0926. The monoisotopic (exact) mass is 451 g/mol. The van der Waals surface area contributed by atoms with Crippen molar-refractivity contribution >= 4 is 34.6 Å². The molecule has 7 nitrogen and oxygen atoms in total. The summed E-state index contributed by atoms with van der Waals surface area (Å²) >= 11 is 1.33. The molecular weight excluding hydrogens is 426 g/mol. The van der Waals surface area contributed by atoms with E-state index in [1.807, 2.05) is 63.2 Å². The molecule has 2 aromatic carbocycles. The largest absolute Gasteiger partial charge is 0.494 e. The fourth-order valence-electron chi connectivity index (χ4n) is 3.03. The number of amides is 1. The number of nitrogens with zero attached hydrogens (tertiary/aromatic N) is 3. The molecule has 1 amide bonds. The number of rotatable bonds is 9. The Kier molecular flexibility index (Phi) is 8.17. The Morgan fingerprint density at radius 3 is 2.44 bits per heavy atom. The fraction of sp³-hybridized carbons (Fsp3) is 0.292. The highest BCUT2D eigenvalue weighted by Gasteiger charge is 2.32.